The van der Waals surface area contributed by atoms with Gasteiger partial charge in [-0.05, 0) is 18.9 Å². The molecule has 0 amide bonds. The van der Waals surface area contributed by atoms with Gasteiger partial charge >= 0.3 is 5.97 Å². The Balaban J connectivity index is 1.68. The molecule has 0 aromatic carbocycles. The van der Waals surface area contributed by atoms with Gasteiger partial charge in [-0.2, -0.15) is 0 Å². The standard InChI is InChI=1S/C14H19NO4/c16-14(17)10-7-11(19-9-10)8-15-5-6-18-13-4-2-1-3-12(13)15/h7,9,12-13H,1-6,8H2,(H,16,17). The number of ether oxygens (including phenoxy) is 1. The van der Waals surface area contributed by atoms with E-state index >= 15 is 0 Å². The van der Waals surface area contributed by atoms with Crippen LogP contribution in [0.4, 0.5) is 0 Å². The highest BCUT2D eigenvalue weighted by molar-refractivity contribution is 5.87. The first kappa shape index (κ1) is 12.7. The third-order valence-corrected chi connectivity index (χ3v) is 4.11. The Morgan fingerprint density at radius 2 is 2.26 bits per heavy atom. The highest BCUT2D eigenvalue weighted by Crippen LogP contribution is 2.29. The van der Waals surface area contributed by atoms with Crippen molar-refractivity contribution in [2.24, 2.45) is 0 Å². The number of hydrogen-bond acceptors (Lipinski definition) is 4. The van der Waals surface area contributed by atoms with Crippen molar-refractivity contribution in [3.05, 3.63) is 23.7 Å². The van der Waals surface area contributed by atoms with E-state index in [1.807, 2.05) is 0 Å². The van der Waals surface area contributed by atoms with Crippen LogP contribution in [0.5, 0.6) is 0 Å². The van der Waals surface area contributed by atoms with Crippen LogP contribution in [0.25, 0.3) is 0 Å². The second-order valence-electron chi connectivity index (χ2n) is 5.34. The minimum atomic E-state index is -0.937. The van der Waals surface area contributed by atoms with Gasteiger partial charge < -0.3 is 14.3 Å². The molecule has 1 N–H and O–H groups in total. The molecule has 1 aliphatic heterocycles. The summed E-state index contributed by atoms with van der Waals surface area (Å²) in [6, 6.07) is 2.08. The van der Waals surface area contributed by atoms with Gasteiger partial charge in [0.2, 0.25) is 0 Å². The van der Waals surface area contributed by atoms with Crippen molar-refractivity contribution < 1.29 is 19.1 Å². The van der Waals surface area contributed by atoms with Crippen LogP contribution < -0.4 is 0 Å². The molecule has 19 heavy (non-hydrogen) atoms. The van der Waals surface area contributed by atoms with E-state index in [4.69, 9.17) is 14.3 Å². The van der Waals surface area contributed by atoms with Gasteiger partial charge in [0.05, 0.1) is 24.8 Å². The maximum Gasteiger partial charge on any atom is 0.338 e. The summed E-state index contributed by atoms with van der Waals surface area (Å²) in [5.41, 5.74) is 0.225. The van der Waals surface area contributed by atoms with Crippen molar-refractivity contribution in [2.75, 3.05) is 13.2 Å². The first-order chi connectivity index (χ1) is 9.24. The molecule has 2 atom stereocenters. The van der Waals surface area contributed by atoms with Gasteiger partial charge in [0.25, 0.3) is 0 Å². The monoisotopic (exact) mass is 265 g/mol. The Bertz CT molecular complexity index is 454. The Morgan fingerprint density at radius 3 is 3.05 bits per heavy atom. The molecule has 1 aliphatic carbocycles. The van der Waals surface area contributed by atoms with E-state index in [0.29, 0.717) is 18.7 Å². The van der Waals surface area contributed by atoms with E-state index in [1.165, 1.54) is 19.1 Å². The zero-order valence-corrected chi connectivity index (χ0v) is 10.9. The van der Waals surface area contributed by atoms with Crippen molar-refractivity contribution in [3.8, 4) is 0 Å². The average Bonchev–Trinajstić information content (AvgIpc) is 2.88. The number of carbonyl (C=O) groups is 1. The summed E-state index contributed by atoms with van der Waals surface area (Å²) in [7, 11) is 0. The van der Waals surface area contributed by atoms with Crippen LogP contribution in [0.1, 0.15) is 41.8 Å². The third-order valence-electron chi connectivity index (χ3n) is 4.11. The Labute approximate surface area is 112 Å². The fourth-order valence-electron chi connectivity index (χ4n) is 3.15. The van der Waals surface area contributed by atoms with Crippen molar-refractivity contribution in [1.29, 1.82) is 0 Å². The third kappa shape index (κ3) is 2.67. The summed E-state index contributed by atoms with van der Waals surface area (Å²) < 4.78 is 11.2. The molecule has 2 unspecified atom stereocenters. The maximum absolute atomic E-state index is 10.8. The fourth-order valence-corrected chi connectivity index (χ4v) is 3.15. The van der Waals surface area contributed by atoms with Crippen LogP contribution in [0, 0.1) is 0 Å². The summed E-state index contributed by atoms with van der Waals surface area (Å²) in [6.07, 6.45) is 6.46. The van der Waals surface area contributed by atoms with Crippen LogP contribution in [-0.2, 0) is 11.3 Å². The van der Waals surface area contributed by atoms with Crippen molar-refractivity contribution >= 4 is 5.97 Å². The molecule has 5 nitrogen and oxygen atoms in total. The van der Waals surface area contributed by atoms with Crippen LogP contribution in [0.3, 0.4) is 0 Å². The molecule has 3 rings (SSSR count). The lowest BCUT2D eigenvalue weighted by atomic mass is 9.90. The van der Waals surface area contributed by atoms with Gasteiger partial charge in [-0.15, -0.1) is 0 Å². The highest BCUT2D eigenvalue weighted by atomic mass is 16.5. The van der Waals surface area contributed by atoms with Crippen molar-refractivity contribution in [3.63, 3.8) is 0 Å². The number of aromatic carboxylic acids is 1. The number of hydrogen-bond donors (Lipinski definition) is 1. The second kappa shape index (κ2) is 5.35. The number of nitrogens with zero attached hydrogens (tertiary/aromatic N) is 1. The van der Waals surface area contributed by atoms with E-state index in [2.05, 4.69) is 4.90 Å². The highest BCUT2D eigenvalue weighted by Gasteiger charge is 2.34. The minimum absolute atomic E-state index is 0.225. The minimum Gasteiger partial charge on any atom is -0.478 e. The molecule has 2 aliphatic rings. The van der Waals surface area contributed by atoms with Gasteiger partial charge in [0, 0.05) is 12.6 Å². The largest absolute Gasteiger partial charge is 0.478 e. The first-order valence-corrected chi connectivity index (χ1v) is 6.90. The van der Waals surface area contributed by atoms with E-state index in [0.717, 1.165) is 31.8 Å². The number of rotatable bonds is 3. The lowest BCUT2D eigenvalue weighted by Gasteiger charge is -2.43. The lowest BCUT2D eigenvalue weighted by Crippen LogP contribution is -2.52. The predicted molar refractivity (Wildman–Crippen MR) is 68.1 cm³/mol. The molecule has 1 aromatic heterocycles. The molecule has 0 bridgehead atoms. The smallest absolute Gasteiger partial charge is 0.338 e. The quantitative estimate of drug-likeness (QED) is 0.907. The number of carboxylic acids is 1. The molecule has 2 fully saturated rings. The van der Waals surface area contributed by atoms with Crippen molar-refractivity contribution in [1.82, 2.24) is 4.90 Å². The number of carboxylic acid groups (broad SMARTS) is 1. The van der Waals surface area contributed by atoms with E-state index in [-0.39, 0.29) is 5.56 Å². The molecule has 1 saturated carbocycles. The van der Waals surface area contributed by atoms with E-state index in [1.54, 1.807) is 6.07 Å². The van der Waals surface area contributed by atoms with Crippen LogP contribution >= 0.6 is 0 Å². The zero-order valence-electron chi connectivity index (χ0n) is 10.9. The zero-order chi connectivity index (χ0) is 13.2. The van der Waals surface area contributed by atoms with Crippen LogP contribution in [0.15, 0.2) is 16.7 Å². The van der Waals surface area contributed by atoms with Crippen LogP contribution in [0.2, 0.25) is 0 Å². The van der Waals surface area contributed by atoms with Gasteiger partial charge in [-0.1, -0.05) is 12.8 Å². The maximum atomic E-state index is 10.8. The Hall–Kier alpha value is -1.33. The number of furan rings is 1. The second-order valence-corrected chi connectivity index (χ2v) is 5.34. The summed E-state index contributed by atoms with van der Waals surface area (Å²) in [4.78, 5) is 13.2. The summed E-state index contributed by atoms with van der Waals surface area (Å²) in [5.74, 6) is -0.212. The van der Waals surface area contributed by atoms with Gasteiger partial charge in [0.15, 0.2) is 0 Å². The topological polar surface area (TPSA) is 62.9 Å². The van der Waals surface area contributed by atoms with Crippen LogP contribution in [-0.4, -0.2) is 41.3 Å². The molecule has 1 saturated heterocycles. The van der Waals surface area contributed by atoms with Gasteiger partial charge in [0.1, 0.15) is 12.0 Å². The van der Waals surface area contributed by atoms with Crippen molar-refractivity contribution in [2.45, 2.75) is 44.4 Å². The molecular weight excluding hydrogens is 246 g/mol. The normalized spacial score (nSPS) is 28.0. The number of fused-ring (bicyclic) bond motifs is 1. The predicted octanol–water partition coefficient (Wildman–Crippen LogP) is 2.12. The molecule has 1 aromatic rings. The summed E-state index contributed by atoms with van der Waals surface area (Å²) >= 11 is 0. The Kier molecular flexibility index (Phi) is 3.57. The van der Waals surface area contributed by atoms with Gasteiger partial charge in [-0.25, -0.2) is 4.79 Å². The summed E-state index contributed by atoms with van der Waals surface area (Å²) in [6.45, 7) is 2.33. The molecule has 104 valence electrons. The molecule has 2 heterocycles. The number of morpholine rings is 1. The molecule has 0 spiro atoms. The molecule has 5 heteroatoms. The summed E-state index contributed by atoms with van der Waals surface area (Å²) in [5, 5.41) is 8.90. The first-order valence-electron chi connectivity index (χ1n) is 6.90. The fraction of sp³-hybridized carbons (Fsp3) is 0.643. The SMILES string of the molecule is O=C(O)c1coc(CN2CCOC3CCCCC32)c1. The van der Waals surface area contributed by atoms with E-state index < -0.39 is 5.97 Å². The molecule has 0 radical (unpaired) electrons. The van der Waals surface area contributed by atoms with E-state index in [9.17, 15) is 4.79 Å². The van der Waals surface area contributed by atoms with Gasteiger partial charge in [-0.3, -0.25) is 4.90 Å². The molecular formula is C14H19NO4. The lowest BCUT2D eigenvalue weighted by molar-refractivity contribution is -0.0926. The Morgan fingerprint density at radius 1 is 1.42 bits per heavy atom. The average molecular weight is 265 g/mol.